The molecular weight excluding hydrogens is 352 g/mol. The number of carbonyl (C=O) groups excluding carboxylic acids is 1. The predicted octanol–water partition coefficient (Wildman–Crippen LogP) is 2.96. The summed E-state index contributed by atoms with van der Waals surface area (Å²) in [6, 6.07) is 12.0. The summed E-state index contributed by atoms with van der Waals surface area (Å²) in [6.45, 7) is 9.68. The number of aryl methyl sites for hydroxylation is 1. The summed E-state index contributed by atoms with van der Waals surface area (Å²) in [6.07, 6.45) is 0. The lowest BCUT2D eigenvalue weighted by molar-refractivity contribution is -0.885. The van der Waals surface area contributed by atoms with Gasteiger partial charge in [-0.2, -0.15) is 0 Å². The number of amides is 1. The molecule has 0 aliphatic heterocycles. The minimum absolute atomic E-state index is 0.000798. The molecule has 152 valence electrons. The molecule has 0 spiro atoms. The molecule has 0 aromatic heterocycles. The van der Waals surface area contributed by atoms with E-state index in [1.165, 1.54) is 5.56 Å². The van der Waals surface area contributed by atoms with Crippen LogP contribution in [0.15, 0.2) is 36.4 Å². The number of carbonyl (C=O) groups is 1. The van der Waals surface area contributed by atoms with Gasteiger partial charge in [-0.25, -0.2) is 0 Å². The SMILES string of the molecule is COc1cc(C)c(C[NH+](C)CC(=O)Nc2ccc(C(C)(C)C)cc2)cc1OC. The van der Waals surface area contributed by atoms with Gasteiger partial charge in [0.25, 0.3) is 5.91 Å². The monoisotopic (exact) mass is 385 g/mol. The molecule has 2 N–H and O–H groups in total. The van der Waals surface area contributed by atoms with E-state index in [0.717, 1.165) is 34.0 Å². The first-order chi connectivity index (χ1) is 13.1. The lowest BCUT2D eigenvalue weighted by Crippen LogP contribution is -3.08. The zero-order valence-corrected chi connectivity index (χ0v) is 18.1. The highest BCUT2D eigenvalue weighted by Gasteiger charge is 2.16. The Hall–Kier alpha value is -2.53. The van der Waals surface area contributed by atoms with Crippen LogP contribution in [0, 0.1) is 6.92 Å². The van der Waals surface area contributed by atoms with Crippen LogP contribution in [-0.4, -0.2) is 33.7 Å². The highest BCUT2D eigenvalue weighted by Crippen LogP contribution is 2.30. The summed E-state index contributed by atoms with van der Waals surface area (Å²) in [5, 5.41) is 2.99. The minimum Gasteiger partial charge on any atom is -0.493 e. The lowest BCUT2D eigenvalue weighted by atomic mass is 9.87. The lowest BCUT2D eigenvalue weighted by Gasteiger charge is -2.19. The largest absolute Gasteiger partial charge is 0.493 e. The van der Waals surface area contributed by atoms with Gasteiger partial charge >= 0.3 is 0 Å². The van der Waals surface area contributed by atoms with E-state index < -0.39 is 0 Å². The molecule has 5 heteroatoms. The van der Waals surface area contributed by atoms with Crippen LogP contribution in [0.25, 0.3) is 0 Å². The maximum atomic E-state index is 12.4. The molecule has 1 atom stereocenters. The molecule has 0 heterocycles. The van der Waals surface area contributed by atoms with Crippen LogP contribution in [0.3, 0.4) is 0 Å². The first kappa shape index (κ1) is 21.8. The standard InChI is InChI=1S/C23H32N2O3/c1-16-12-20(27-6)21(28-7)13-17(16)14-25(5)15-22(26)24-19-10-8-18(9-11-19)23(2,3)4/h8-13H,14-15H2,1-7H3,(H,24,26)/p+1. The van der Waals surface area contributed by atoms with Crippen molar-refractivity contribution in [1.82, 2.24) is 0 Å². The van der Waals surface area contributed by atoms with E-state index in [9.17, 15) is 4.79 Å². The fourth-order valence-electron chi connectivity index (χ4n) is 3.13. The van der Waals surface area contributed by atoms with Crippen LogP contribution in [0.5, 0.6) is 11.5 Å². The number of benzene rings is 2. The summed E-state index contributed by atoms with van der Waals surface area (Å²) in [7, 11) is 5.27. The molecule has 0 radical (unpaired) electrons. The van der Waals surface area contributed by atoms with Crippen LogP contribution in [0.1, 0.15) is 37.5 Å². The van der Waals surface area contributed by atoms with Crippen LogP contribution in [0.2, 0.25) is 0 Å². The third kappa shape index (κ3) is 5.73. The third-order valence-corrected chi connectivity index (χ3v) is 4.83. The average molecular weight is 386 g/mol. The van der Waals surface area contributed by atoms with Crippen molar-refractivity contribution in [3.63, 3.8) is 0 Å². The summed E-state index contributed by atoms with van der Waals surface area (Å²) in [5.41, 5.74) is 4.43. The van der Waals surface area contributed by atoms with E-state index in [-0.39, 0.29) is 11.3 Å². The van der Waals surface area contributed by atoms with Crippen molar-refractivity contribution in [2.75, 3.05) is 33.1 Å². The Labute approximate surface area is 168 Å². The predicted molar refractivity (Wildman–Crippen MR) is 114 cm³/mol. The molecule has 28 heavy (non-hydrogen) atoms. The summed E-state index contributed by atoms with van der Waals surface area (Å²) >= 11 is 0. The number of likely N-dealkylation sites (N-methyl/N-ethyl adjacent to an activating group) is 1. The van der Waals surface area contributed by atoms with Gasteiger partial charge in [-0.15, -0.1) is 0 Å². The summed E-state index contributed by atoms with van der Waals surface area (Å²) in [5.74, 6) is 1.43. The molecular formula is C23H33N2O3+. The second kappa shape index (κ2) is 9.11. The van der Waals surface area contributed by atoms with Gasteiger partial charge in [-0.1, -0.05) is 32.9 Å². The average Bonchev–Trinajstić information content (AvgIpc) is 2.62. The van der Waals surface area contributed by atoms with Gasteiger partial charge in [0.05, 0.1) is 21.3 Å². The van der Waals surface area contributed by atoms with Gasteiger partial charge in [0.15, 0.2) is 18.0 Å². The molecule has 0 aliphatic carbocycles. The van der Waals surface area contributed by atoms with Crippen molar-refractivity contribution in [1.29, 1.82) is 0 Å². The van der Waals surface area contributed by atoms with Gasteiger partial charge in [0.2, 0.25) is 0 Å². The quantitative estimate of drug-likeness (QED) is 0.770. The van der Waals surface area contributed by atoms with Crippen LogP contribution >= 0.6 is 0 Å². The van der Waals surface area contributed by atoms with Gasteiger partial charge < -0.3 is 19.7 Å². The van der Waals surface area contributed by atoms with E-state index in [2.05, 4.69) is 38.2 Å². The number of nitrogens with one attached hydrogen (secondary N) is 2. The zero-order valence-electron chi connectivity index (χ0n) is 18.1. The maximum absolute atomic E-state index is 12.4. The zero-order chi connectivity index (χ0) is 20.9. The third-order valence-electron chi connectivity index (χ3n) is 4.83. The highest BCUT2D eigenvalue weighted by atomic mass is 16.5. The summed E-state index contributed by atoms with van der Waals surface area (Å²) < 4.78 is 10.7. The molecule has 0 saturated heterocycles. The normalized spacial score (nSPS) is 12.4. The van der Waals surface area contributed by atoms with Crippen molar-refractivity contribution in [3.8, 4) is 11.5 Å². The molecule has 5 nitrogen and oxygen atoms in total. The van der Waals surface area contributed by atoms with Crippen molar-refractivity contribution >= 4 is 11.6 Å². The van der Waals surface area contributed by atoms with E-state index in [1.54, 1.807) is 14.2 Å². The van der Waals surface area contributed by atoms with E-state index in [4.69, 9.17) is 9.47 Å². The van der Waals surface area contributed by atoms with E-state index in [1.807, 2.05) is 38.2 Å². The van der Waals surface area contributed by atoms with Gasteiger partial charge in [-0.05, 0) is 47.7 Å². The van der Waals surface area contributed by atoms with Gasteiger partial charge in [-0.3, -0.25) is 4.79 Å². The smallest absolute Gasteiger partial charge is 0.279 e. The Kier molecular flexibility index (Phi) is 7.08. The van der Waals surface area contributed by atoms with Crippen molar-refractivity contribution < 1.29 is 19.2 Å². The molecule has 0 aliphatic rings. The van der Waals surface area contributed by atoms with E-state index >= 15 is 0 Å². The highest BCUT2D eigenvalue weighted by molar-refractivity contribution is 5.91. The first-order valence-electron chi connectivity index (χ1n) is 9.57. The topological polar surface area (TPSA) is 52.0 Å². The fraction of sp³-hybridized carbons (Fsp3) is 0.435. The Morgan fingerprint density at radius 3 is 2.14 bits per heavy atom. The molecule has 2 aromatic carbocycles. The van der Waals surface area contributed by atoms with Crippen LogP contribution in [-0.2, 0) is 16.8 Å². The Morgan fingerprint density at radius 2 is 1.61 bits per heavy atom. The number of rotatable bonds is 7. The number of hydrogen-bond donors (Lipinski definition) is 2. The Balaban J connectivity index is 1.97. The molecule has 1 unspecified atom stereocenters. The number of ether oxygens (including phenoxy) is 2. The second-order valence-corrected chi connectivity index (χ2v) is 8.32. The first-order valence-corrected chi connectivity index (χ1v) is 9.57. The number of methoxy groups -OCH3 is 2. The number of quaternary nitrogens is 1. The van der Waals surface area contributed by atoms with Crippen LogP contribution in [0.4, 0.5) is 5.69 Å². The second-order valence-electron chi connectivity index (χ2n) is 8.32. The van der Waals surface area contributed by atoms with Crippen molar-refractivity contribution in [3.05, 3.63) is 53.1 Å². The van der Waals surface area contributed by atoms with Gasteiger partial charge in [0, 0.05) is 11.3 Å². The Morgan fingerprint density at radius 1 is 1.04 bits per heavy atom. The minimum atomic E-state index is -0.000798. The Bertz CT molecular complexity index is 808. The van der Waals surface area contributed by atoms with Crippen LogP contribution < -0.4 is 19.7 Å². The van der Waals surface area contributed by atoms with Crippen molar-refractivity contribution in [2.24, 2.45) is 0 Å². The molecule has 0 saturated carbocycles. The molecule has 0 bridgehead atoms. The van der Waals surface area contributed by atoms with Gasteiger partial charge in [0.1, 0.15) is 6.54 Å². The van der Waals surface area contributed by atoms with E-state index in [0.29, 0.717) is 12.3 Å². The molecule has 0 fully saturated rings. The summed E-state index contributed by atoms with van der Waals surface area (Å²) in [4.78, 5) is 13.5. The number of hydrogen-bond acceptors (Lipinski definition) is 3. The molecule has 2 aromatic rings. The number of anilines is 1. The maximum Gasteiger partial charge on any atom is 0.279 e. The molecule has 1 amide bonds. The van der Waals surface area contributed by atoms with Crippen molar-refractivity contribution in [2.45, 2.75) is 39.7 Å². The molecule has 2 rings (SSSR count). The fourth-order valence-corrected chi connectivity index (χ4v) is 3.13.